The maximum absolute atomic E-state index is 13.1. The Hall–Kier alpha value is -2.67. The largest absolute Gasteiger partial charge is 0.481 e. The molecule has 0 spiro atoms. The van der Waals surface area contributed by atoms with E-state index in [2.05, 4.69) is 0 Å². The van der Waals surface area contributed by atoms with E-state index in [9.17, 15) is 9.59 Å². The predicted octanol–water partition coefficient (Wildman–Crippen LogP) is 2.74. The van der Waals surface area contributed by atoms with E-state index in [0.29, 0.717) is 31.5 Å². The van der Waals surface area contributed by atoms with Gasteiger partial charge in [-0.25, -0.2) is 0 Å². The number of piperidine rings is 1. The van der Waals surface area contributed by atoms with Crippen LogP contribution in [0.3, 0.4) is 0 Å². The van der Waals surface area contributed by atoms with Gasteiger partial charge < -0.3 is 20.5 Å². The maximum atomic E-state index is 13.1. The number of nitrogens with two attached hydrogens (primary N) is 1. The summed E-state index contributed by atoms with van der Waals surface area (Å²) in [7, 11) is 1.59. The van der Waals surface area contributed by atoms with Crippen LogP contribution in [0.15, 0.2) is 30.3 Å². The lowest BCUT2D eigenvalue weighted by molar-refractivity contribution is -0.147. The number of ether oxygens (including phenoxy) is 1. The van der Waals surface area contributed by atoms with Crippen LogP contribution in [0.4, 0.5) is 0 Å². The Kier molecular flexibility index (Phi) is 7.56. The van der Waals surface area contributed by atoms with E-state index in [4.69, 9.17) is 21.0 Å². The number of methoxy groups -OCH3 is 1. The third kappa shape index (κ3) is 5.90. The van der Waals surface area contributed by atoms with E-state index in [1.807, 2.05) is 43.0 Å². The van der Waals surface area contributed by atoms with Gasteiger partial charge in [-0.05, 0) is 38.2 Å². The van der Waals surface area contributed by atoms with Crippen molar-refractivity contribution < 1.29 is 19.4 Å². The van der Waals surface area contributed by atoms with Crippen LogP contribution in [-0.4, -0.2) is 54.0 Å². The van der Waals surface area contributed by atoms with Gasteiger partial charge in [0.1, 0.15) is 5.84 Å². The Balaban J connectivity index is 2.03. The summed E-state index contributed by atoms with van der Waals surface area (Å²) in [5.41, 5.74) is 6.30. The van der Waals surface area contributed by atoms with Gasteiger partial charge in [0.25, 0.3) is 0 Å². The average Bonchev–Trinajstić information content (AvgIpc) is 2.68. The van der Waals surface area contributed by atoms with Crippen LogP contribution in [-0.2, 0) is 14.3 Å². The fraction of sp³-hybridized carbons (Fsp3) is 0.500. The first-order chi connectivity index (χ1) is 13.6. The fourth-order valence-corrected chi connectivity index (χ4v) is 3.70. The van der Waals surface area contributed by atoms with E-state index in [1.54, 1.807) is 19.2 Å². The number of amides is 1. The number of carbonyl (C=O) groups is 2. The molecule has 4 N–H and O–H groups in total. The molecule has 0 aliphatic carbocycles. The Bertz CT molecular complexity index is 763. The van der Waals surface area contributed by atoms with Gasteiger partial charge in [0, 0.05) is 32.2 Å². The molecule has 1 unspecified atom stereocenters. The average molecular weight is 402 g/mol. The second-order valence-electron chi connectivity index (χ2n) is 8.11. The van der Waals surface area contributed by atoms with Crippen molar-refractivity contribution in [3.8, 4) is 0 Å². The van der Waals surface area contributed by atoms with Crippen molar-refractivity contribution in [2.24, 2.45) is 17.1 Å². The highest BCUT2D eigenvalue weighted by atomic mass is 16.5. The third-order valence-electron chi connectivity index (χ3n) is 5.57. The number of carboxylic acids is 1. The molecule has 29 heavy (non-hydrogen) atoms. The number of benzene rings is 1. The number of hydrogen-bond donors (Lipinski definition) is 3. The first-order valence-electron chi connectivity index (χ1n) is 9.81. The van der Waals surface area contributed by atoms with Gasteiger partial charge in [0.05, 0.1) is 11.5 Å². The van der Waals surface area contributed by atoms with E-state index in [-0.39, 0.29) is 24.1 Å². The molecule has 1 atom stereocenters. The van der Waals surface area contributed by atoms with Crippen LogP contribution in [0.1, 0.15) is 44.2 Å². The molecule has 158 valence electrons. The lowest BCUT2D eigenvalue weighted by atomic mass is 9.83. The predicted molar refractivity (Wildman–Crippen MR) is 113 cm³/mol. The summed E-state index contributed by atoms with van der Waals surface area (Å²) in [6.07, 6.45) is 4.94. The zero-order chi connectivity index (χ0) is 21.6. The lowest BCUT2D eigenvalue weighted by Gasteiger charge is -2.39. The zero-order valence-electron chi connectivity index (χ0n) is 17.4. The van der Waals surface area contributed by atoms with E-state index < -0.39 is 17.5 Å². The molecular weight excluding hydrogens is 370 g/mol. The van der Waals surface area contributed by atoms with E-state index >= 15 is 0 Å². The number of carboxylic acid groups (broad SMARTS) is 1. The molecule has 1 aliphatic heterocycles. The van der Waals surface area contributed by atoms with Gasteiger partial charge in [-0.15, -0.1) is 0 Å². The van der Waals surface area contributed by atoms with Gasteiger partial charge in [-0.2, -0.15) is 0 Å². The highest BCUT2D eigenvalue weighted by molar-refractivity contribution is 5.95. The van der Waals surface area contributed by atoms with Crippen LogP contribution in [0, 0.1) is 16.7 Å². The molecule has 7 nitrogen and oxygen atoms in total. The fourth-order valence-electron chi connectivity index (χ4n) is 3.70. The normalized spacial score (nSPS) is 16.7. The molecule has 0 saturated carbocycles. The summed E-state index contributed by atoms with van der Waals surface area (Å²) in [5, 5.41) is 16.4. The quantitative estimate of drug-likeness (QED) is 0.457. The first kappa shape index (κ1) is 22.6. The van der Waals surface area contributed by atoms with Gasteiger partial charge in [-0.3, -0.25) is 15.0 Å². The summed E-state index contributed by atoms with van der Waals surface area (Å²) in [5.74, 6) is -0.615. The molecule has 1 aromatic carbocycles. The SMILES string of the molecule is COC(/C=C/c1ccc(C(=N)N)cc1)C(C)(C)C(=O)N1CCC(CC(=O)O)CC1. The molecule has 1 aromatic rings. The summed E-state index contributed by atoms with van der Waals surface area (Å²) in [6.45, 7) is 4.89. The third-order valence-corrected chi connectivity index (χ3v) is 5.57. The number of carbonyl (C=O) groups excluding carboxylic acids is 1. The van der Waals surface area contributed by atoms with Crippen LogP contribution in [0.5, 0.6) is 0 Å². The molecule has 0 bridgehead atoms. The zero-order valence-corrected chi connectivity index (χ0v) is 17.4. The molecule has 1 saturated heterocycles. The number of aliphatic carboxylic acids is 1. The second-order valence-corrected chi connectivity index (χ2v) is 8.11. The van der Waals surface area contributed by atoms with Crippen molar-refractivity contribution in [1.29, 1.82) is 5.41 Å². The van der Waals surface area contributed by atoms with Crippen molar-refractivity contribution >= 4 is 23.8 Å². The highest BCUT2D eigenvalue weighted by Crippen LogP contribution is 2.30. The van der Waals surface area contributed by atoms with Crippen LogP contribution >= 0.6 is 0 Å². The summed E-state index contributed by atoms with van der Waals surface area (Å²) in [6, 6.07) is 7.28. The number of hydrogen-bond acceptors (Lipinski definition) is 4. The lowest BCUT2D eigenvalue weighted by Crippen LogP contribution is -2.49. The minimum Gasteiger partial charge on any atom is -0.481 e. The summed E-state index contributed by atoms with van der Waals surface area (Å²) >= 11 is 0. The second kappa shape index (κ2) is 9.69. The van der Waals surface area contributed by atoms with Gasteiger partial charge in [0.2, 0.25) is 5.91 Å². The Morgan fingerprint density at radius 2 is 1.90 bits per heavy atom. The number of likely N-dealkylation sites (tertiary alicyclic amines) is 1. The number of amidine groups is 1. The van der Waals surface area contributed by atoms with Crippen LogP contribution in [0.25, 0.3) is 6.08 Å². The molecule has 7 heteroatoms. The van der Waals surface area contributed by atoms with Crippen molar-refractivity contribution in [2.75, 3.05) is 20.2 Å². The van der Waals surface area contributed by atoms with Crippen molar-refractivity contribution in [3.05, 3.63) is 41.5 Å². The van der Waals surface area contributed by atoms with Gasteiger partial charge >= 0.3 is 5.97 Å². The topological polar surface area (TPSA) is 117 Å². The number of rotatable bonds is 8. The minimum absolute atomic E-state index is 0.00898. The van der Waals surface area contributed by atoms with Crippen molar-refractivity contribution in [1.82, 2.24) is 4.90 Å². The van der Waals surface area contributed by atoms with Crippen molar-refractivity contribution in [2.45, 2.75) is 39.2 Å². The summed E-state index contributed by atoms with van der Waals surface area (Å²) < 4.78 is 5.62. The Morgan fingerprint density at radius 1 is 1.31 bits per heavy atom. The molecule has 0 aromatic heterocycles. The van der Waals surface area contributed by atoms with E-state index in [1.165, 1.54) is 0 Å². The Morgan fingerprint density at radius 3 is 2.38 bits per heavy atom. The maximum Gasteiger partial charge on any atom is 0.303 e. The first-order valence-corrected chi connectivity index (χ1v) is 9.81. The monoisotopic (exact) mass is 401 g/mol. The molecule has 0 radical (unpaired) electrons. The highest BCUT2D eigenvalue weighted by Gasteiger charge is 2.39. The van der Waals surface area contributed by atoms with Gasteiger partial charge in [0.15, 0.2) is 0 Å². The van der Waals surface area contributed by atoms with Crippen LogP contribution < -0.4 is 5.73 Å². The Labute approximate surface area is 172 Å². The van der Waals surface area contributed by atoms with Gasteiger partial charge in [-0.1, -0.05) is 36.4 Å². The number of nitrogens with zero attached hydrogens (tertiary/aromatic N) is 1. The molecule has 1 fully saturated rings. The smallest absolute Gasteiger partial charge is 0.303 e. The standard InChI is InChI=1S/C22H31N3O4/c1-22(2,21(28)25-12-10-16(11-13-25)14-19(26)27)18(29-3)9-6-15-4-7-17(8-5-15)20(23)24/h4-9,16,18H,10-14H2,1-3H3,(H3,23,24)(H,26,27)/b9-6+. The number of nitrogen functional groups attached to an aromatic ring is 1. The number of nitrogens with one attached hydrogen (secondary N) is 1. The molecule has 1 heterocycles. The summed E-state index contributed by atoms with van der Waals surface area (Å²) in [4.78, 5) is 25.8. The molecule has 1 amide bonds. The minimum atomic E-state index is -0.781. The molecular formula is C22H31N3O4. The van der Waals surface area contributed by atoms with Crippen molar-refractivity contribution in [3.63, 3.8) is 0 Å². The molecule has 2 rings (SSSR count). The van der Waals surface area contributed by atoms with E-state index in [0.717, 1.165) is 5.56 Å². The van der Waals surface area contributed by atoms with Crippen LogP contribution in [0.2, 0.25) is 0 Å². The molecule has 1 aliphatic rings.